The number of pyridine rings is 2. The van der Waals surface area contributed by atoms with Crippen LogP contribution in [-0.4, -0.2) is 19.5 Å². The van der Waals surface area contributed by atoms with Crippen LogP contribution in [-0.2, 0) is 6.18 Å². The summed E-state index contributed by atoms with van der Waals surface area (Å²) in [5, 5.41) is 0.526. The number of nitrogens with one attached hydrogen (secondary N) is 1. The molecule has 1 N–H and O–H groups in total. The molecule has 0 bridgehead atoms. The van der Waals surface area contributed by atoms with Gasteiger partial charge in [0.2, 0.25) is 5.56 Å². The first-order valence-corrected chi connectivity index (χ1v) is 5.55. The zero-order valence-electron chi connectivity index (χ0n) is 9.85. The molecule has 102 valence electrons. The number of nitrogens with zero attached hydrogens (tertiary/aromatic N) is 3. The van der Waals surface area contributed by atoms with Gasteiger partial charge >= 0.3 is 6.18 Å². The van der Waals surface area contributed by atoms with Gasteiger partial charge in [-0.2, -0.15) is 13.2 Å². The van der Waals surface area contributed by atoms with Gasteiger partial charge in [-0.3, -0.25) is 9.36 Å². The lowest BCUT2D eigenvalue weighted by atomic mass is 10.2. The van der Waals surface area contributed by atoms with E-state index in [9.17, 15) is 18.0 Å². The number of hydrogen-bond donors (Lipinski definition) is 1. The third-order valence-electron chi connectivity index (χ3n) is 2.75. The highest BCUT2D eigenvalue weighted by atomic mass is 19.4. The number of alkyl halides is 3. The van der Waals surface area contributed by atoms with Gasteiger partial charge in [0.15, 0.2) is 5.69 Å². The van der Waals surface area contributed by atoms with Crippen LogP contribution >= 0.6 is 0 Å². The molecule has 0 saturated heterocycles. The number of fused-ring (bicyclic) bond motifs is 1. The Balaban J connectivity index is 2.20. The molecule has 0 spiro atoms. The quantitative estimate of drug-likeness (QED) is 0.742. The van der Waals surface area contributed by atoms with Gasteiger partial charge in [0.05, 0.1) is 5.52 Å². The molecule has 0 amide bonds. The number of halogens is 3. The van der Waals surface area contributed by atoms with Crippen molar-refractivity contribution in [2.75, 3.05) is 0 Å². The van der Waals surface area contributed by atoms with Gasteiger partial charge in [0.25, 0.3) is 0 Å². The van der Waals surface area contributed by atoms with Gasteiger partial charge in [0, 0.05) is 23.8 Å². The number of rotatable bonds is 1. The Hall–Kier alpha value is -2.64. The number of H-pyrrole nitrogens is 1. The van der Waals surface area contributed by atoms with Crippen molar-refractivity contribution in [3.63, 3.8) is 0 Å². The second-order valence-corrected chi connectivity index (χ2v) is 4.08. The summed E-state index contributed by atoms with van der Waals surface area (Å²) in [6.45, 7) is 0. The Labute approximate surface area is 109 Å². The topological polar surface area (TPSA) is 63.6 Å². The fraction of sp³-hybridized carbons (Fsp3) is 0.0833. The van der Waals surface area contributed by atoms with E-state index < -0.39 is 11.9 Å². The molecular formula is C12H7F3N4O. The van der Waals surface area contributed by atoms with Crippen molar-refractivity contribution in [3.05, 3.63) is 53.0 Å². The highest BCUT2D eigenvalue weighted by Gasteiger charge is 2.33. The maximum Gasteiger partial charge on any atom is 0.434 e. The second-order valence-electron chi connectivity index (χ2n) is 4.08. The molecule has 3 rings (SSSR count). The van der Waals surface area contributed by atoms with E-state index >= 15 is 0 Å². The Kier molecular flexibility index (Phi) is 2.60. The van der Waals surface area contributed by atoms with Crippen molar-refractivity contribution in [1.82, 2.24) is 19.5 Å². The second kappa shape index (κ2) is 4.19. The van der Waals surface area contributed by atoms with E-state index in [0.717, 1.165) is 12.5 Å². The average molecular weight is 280 g/mol. The zero-order valence-corrected chi connectivity index (χ0v) is 9.85. The Bertz CT molecular complexity index is 834. The Morgan fingerprint density at radius 2 is 1.95 bits per heavy atom. The smallest absolute Gasteiger partial charge is 0.322 e. The molecule has 8 heteroatoms. The van der Waals surface area contributed by atoms with Crippen LogP contribution in [0.15, 0.2) is 41.7 Å². The molecule has 0 radical (unpaired) electrons. The van der Waals surface area contributed by atoms with Crippen molar-refractivity contribution in [1.29, 1.82) is 0 Å². The number of imidazole rings is 1. The fourth-order valence-corrected chi connectivity index (χ4v) is 1.86. The lowest BCUT2D eigenvalue weighted by molar-refractivity contribution is -0.140. The van der Waals surface area contributed by atoms with Crippen LogP contribution in [0, 0.1) is 0 Å². The average Bonchev–Trinajstić information content (AvgIpc) is 2.87. The van der Waals surface area contributed by atoms with Gasteiger partial charge in [-0.05, 0) is 12.1 Å². The van der Waals surface area contributed by atoms with Crippen molar-refractivity contribution in [2.24, 2.45) is 0 Å². The molecular weight excluding hydrogens is 273 g/mol. The van der Waals surface area contributed by atoms with Crippen LogP contribution in [0.3, 0.4) is 0 Å². The summed E-state index contributed by atoms with van der Waals surface area (Å²) in [7, 11) is 0. The number of aromatic nitrogens is 4. The van der Waals surface area contributed by atoms with Crippen LogP contribution in [0.4, 0.5) is 13.2 Å². The lowest BCUT2D eigenvalue weighted by Crippen LogP contribution is -2.06. The normalized spacial score (nSPS) is 11.9. The minimum absolute atomic E-state index is 0.266. The minimum atomic E-state index is -4.51. The molecule has 0 aromatic carbocycles. The van der Waals surface area contributed by atoms with Crippen LogP contribution < -0.4 is 5.56 Å². The largest absolute Gasteiger partial charge is 0.434 e. The van der Waals surface area contributed by atoms with Gasteiger partial charge in [-0.25, -0.2) is 9.97 Å². The molecule has 0 aliphatic heterocycles. The first-order valence-electron chi connectivity index (χ1n) is 5.55. The van der Waals surface area contributed by atoms with Gasteiger partial charge in [-0.1, -0.05) is 0 Å². The summed E-state index contributed by atoms with van der Waals surface area (Å²) in [6, 6.07) is 4.36. The van der Waals surface area contributed by atoms with Crippen molar-refractivity contribution < 1.29 is 13.2 Å². The van der Waals surface area contributed by atoms with E-state index in [4.69, 9.17) is 0 Å². The Morgan fingerprint density at radius 1 is 1.15 bits per heavy atom. The summed E-state index contributed by atoms with van der Waals surface area (Å²) in [6.07, 6.45) is -1.21. The first-order chi connectivity index (χ1) is 9.45. The van der Waals surface area contributed by atoms with Crippen molar-refractivity contribution in [3.8, 4) is 5.82 Å². The van der Waals surface area contributed by atoms with Gasteiger partial charge in [0.1, 0.15) is 12.1 Å². The molecule has 0 saturated carbocycles. The van der Waals surface area contributed by atoms with Gasteiger partial charge in [-0.15, -0.1) is 0 Å². The molecule has 0 atom stereocenters. The summed E-state index contributed by atoms with van der Waals surface area (Å²) in [4.78, 5) is 21.2. The van der Waals surface area contributed by atoms with E-state index in [1.165, 1.54) is 22.9 Å². The van der Waals surface area contributed by atoms with Crippen LogP contribution in [0.2, 0.25) is 0 Å². The maximum atomic E-state index is 12.5. The van der Waals surface area contributed by atoms with E-state index in [0.29, 0.717) is 10.9 Å². The van der Waals surface area contributed by atoms with Crippen molar-refractivity contribution in [2.45, 2.75) is 6.18 Å². The van der Waals surface area contributed by atoms with Gasteiger partial charge < -0.3 is 4.98 Å². The van der Waals surface area contributed by atoms with E-state index in [-0.39, 0.29) is 11.4 Å². The SMILES string of the molecule is O=c1ccc2c(-n3cnc(C(F)(F)F)c3)nccc2[nH]1. The molecule has 20 heavy (non-hydrogen) atoms. The monoisotopic (exact) mass is 280 g/mol. The van der Waals surface area contributed by atoms with Crippen LogP contribution in [0.25, 0.3) is 16.7 Å². The number of hydrogen-bond acceptors (Lipinski definition) is 3. The van der Waals surface area contributed by atoms with Crippen LogP contribution in [0.1, 0.15) is 5.69 Å². The third kappa shape index (κ3) is 2.04. The molecule has 3 aromatic rings. The van der Waals surface area contributed by atoms with Crippen LogP contribution in [0.5, 0.6) is 0 Å². The van der Waals surface area contributed by atoms with E-state index in [1.807, 2.05) is 0 Å². The summed E-state index contributed by atoms with van der Waals surface area (Å²) >= 11 is 0. The summed E-state index contributed by atoms with van der Waals surface area (Å²) < 4.78 is 38.8. The van der Waals surface area contributed by atoms with E-state index in [2.05, 4.69) is 15.0 Å². The highest BCUT2D eigenvalue weighted by molar-refractivity contribution is 5.84. The molecule has 5 nitrogen and oxygen atoms in total. The molecule has 3 aromatic heterocycles. The fourth-order valence-electron chi connectivity index (χ4n) is 1.86. The molecule has 0 aliphatic rings. The Morgan fingerprint density at radius 3 is 2.65 bits per heavy atom. The maximum absolute atomic E-state index is 12.5. The lowest BCUT2D eigenvalue weighted by Gasteiger charge is -2.05. The summed E-state index contributed by atoms with van der Waals surface area (Å²) in [5.41, 5.74) is -0.804. The summed E-state index contributed by atoms with van der Waals surface area (Å²) in [5.74, 6) is 0.266. The molecule has 0 unspecified atom stereocenters. The predicted molar refractivity (Wildman–Crippen MR) is 64.5 cm³/mol. The molecule has 0 fully saturated rings. The highest BCUT2D eigenvalue weighted by Crippen LogP contribution is 2.28. The standard InChI is InChI=1S/C12H7F3N4O/c13-12(14,15)9-5-19(6-17-9)11-7-1-2-10(20)18-8(7)3-4-16-11/h1-6H,(H,18,20). The zero-order chi connectivity index (χ0) is 14.3. The molecule has 3 heterocycles. The van der Waals surface area contributed by atoms with E-state index in [1.54, 1.807) is 6.07 Å². The first kappa shape index (κ1) is 12.4. The van der Waals surface area contributed by atoms with Crippen molar-refractivity contribution >= 4 is 10.9 Å². The minimum Gasteiger partial charge on any atom is -0.322 e. The predicted octanol–water partition coefficient (Wildman–Crippen LogP) is 2.13. The molecule has 0 aliphatic carbocycles. The third-order valence-corrected chi connectivity index (χ3v) is 2.75. The number of aromatic amines is 1.